The maximum absolute atomic E-state index is 12.2. The van der Waals surface area contributed by atoms with Gasteiger partial charge in [0.05, 0.1) is 6.10 Å². The van der Waals surface area contributed by atoms with E-state index >= 15 is 0 Å². The van der Waals surface area contributed by atoms with Crippen LogP contribution in [0.4, 0.5) is 0 Å². The fourth-order valence-electron chi connectivity index (χ4n) is 2.92. The average Bonchev–Trinajstić information content (AvgIpc) is 2.52. The topological polar surface area (TPSA) is 50.4 Å². The maximum Gasteiger partial charge on any atom is 0.249 e. The van der Waals surface area contributed by atoms with Gasteiger partial charge in [-0.2, -0.15) is 0 Å². The highest BCUT2D eigenvalue weighted by atomic mass is 16.5. The standard InChI is InChI=1S/C16H28N2O2/c1-2-15(20-14-6-4-3-5-7-14)16(19)18-12-13-8-10-17-11-9-13/h8,14-15,17H,2-7,9-12H2,1H3,(H,18,19). The highest BCUT2D eigenvalue weighted by Crippen LogP contribution is 2.22. The van der Waals surface area contributed by atoms with E-state index in [0.717, 1.165) is 38.8 Å². The summed E-state index contributed by atoms with van der Waals surface area (Å²) in [7, 11) is 0. The molecule has 2 aliphatic rings. The van der Waals surface area contributed by atoms with Crippen molar-refractivity contribution in [3.05, 3.63) is 11.6 Å². The molecule has 0 aromatic heterocycles. The molecule has 1 aliphatic heterocycles. The van der Waals surface area contributed by atoms with Gasteiger partial charge in [-0.3, -0.25) is 4.79 Å². The van der Waals surface area contributed by atoms with Gasteiger partial charge in [-0.15, -0.1) is 0 Å². The molecule has 0 saturated heterocycles. The second kappa shape index (κ2) is 8.42. The summed E-state index contributed by atoms with van der Waals surface area (Å²) in [5.74, 6) is 0.0532. The van der Waals surface area contributed by atoms with Gasteiger partial charge < -0.3 is 15.4 Å². The molecule has 0 aromatic rings. The minimum absolute atomic E-state index is 0.0532. The van der Waals surface area contributed by atoms with Gasteiger partial charge in [0, 0.05) is 13.1 Å². The van der Waals surface area contributed by atoms with Crippen LogP contribution in [0.25, 0.3) is 0 Å². The van der Waals surface area contributed by atoms with Gasteiger partial charge >= 0.3 is 0 Å². The summed E-state index contributed by atoms with van der Waals surface area (Å²) >= 11 is 0. The van der Waals surface area contributed by atoms with Gasteiger partial charge in [-0.25, -0.2) is 0 Å². The number of hydrogen-bond acceptors (Lipinski definition) is 3. The third kappa shape index (κ3) is 4.91. The van der Waals surface area contributed by atoms with E-state index in [1.54, 1.807) is 0 Å². The van der Waals surface area contributed by atoms with E-state index in [-0.39, 0.29) is 18.1 Å². The van der Waals surface area contributed by atoms with E-state index in [4.69, 9.17) is 4.74 Å². The molecule has 1 amide bonds. The highest BCUT2D eigenvalue weighted by Gasteiger charge is 2.23. The van der Waals surface area contributed by atoms with Crippen LogP contribution in [-0.2, 0) is 9.53 Å². The quantitative estimate of drug-likeness (QED) is 0.733. The van der Waals surface area contributed by atoms with Crippen LogP contribution in [-0.4, -0.2) is 37.7 Å². The first-order chi connectivity index (χ1) is 9.79. The van der Waals surface area contributed by atoms with Crippen molar-refractivity contribution in [2.75, 3.05) is 19.6 Å². The van der Waals surface area contributed by atoms with Crippen LogP contribution in [0, 0.1) is 0 Å². The fourth-order valence-corrected chi connectivity index (χ4v) is 2.92. The maximum atomic E-state index is 12.2. The zero-order valence-electron chi connectivity index (χ0n) is 12.6. The van der Waals surface area contributed by atoms with Crippen LogP contribution in [0.1, 0.15) is 51.9 Å². The summed E-state index contributed by atoms with van der Waals surface area (Å²) in [6, 6.07) is 0. The summed E-state index contributed by atoms with van der Waals surface area (Å²) in [5.41, 5.74) is 1.32. The molecule has 1 atom stereocenters. The monoisotopic (exact) mass is 280 g/mol. The molecule has 1 unspecified atom stereocenters. The number of hydrogen-bond donors (Lipinski definition) is 2. The largest absolute Gasteiger partial charge is 0.365 e. The molecular weight excluding hydrogens is 252 g/mol. The Bertz CT molecular complexity index is 335. The van der Waals surface area contributed by atoms with Crippen LogP contribution in [0.15, 0.2) is 11.6 Å². The molecule has 2 rings (SSSR count). The molecule has 0 radical (unpaired) electrons. The minimum atomic E-state index is -0.277. The molecule has 1 aliphatic carbocycles. The average molecular weight is 280 g/mol. The predicted octanol–water partition coefficient (Wildman–Crippen LogP) is 2.15. The van der Waals surface area contributed by atoms with Gasteiger partial charge in [0.15, 0.2) is 0 Å². The van der Waals surface area contributed by atoms with Crippen LogP contribution in [0.2, 0.25) is 0 Å². The molecule has 1 heterocycles. The third-order valence-electron chi connectivity index (χ3n) is 4.22. The molecule has 114 valence electrons. The van der Waals surface area contributed by atoms with E-state index in [9.17, 15) is 4.79 Å². The zero-order valence-corrected chi connectivity index (χ0v) is 12.6. The van der Waals surface area contributed by atoms with Crippen molar-refractivity contribution in [3.8, 4) is 0 Å². The number of carbonyl (C=O) groups is 1. The van der Waals surface area contributed by atoms with Crippen molar-refractivity contribution in [1.82, 2.24) is 10.6 Å². The first-order valence-corrected chi connectivity index (χ1v) is 8.11. The van der Waals surface area contributed by atoms with Crippen molar-refractivity contribution < 1.29 is 9.53 Å². The highest BCUT2D eigenvalue weighted by molar-refractivity contribution is 5.80. The lowest BCUT2D eigenvalue weighted by Gasteiger charge is -2.26. The van der Waals surface area contributed by atoms with Gasteiger partial charge in [-0.1, -0.05) is 37.8 Å². The molecule has 4 heteroatoms. The second-order valence-corrected chi connectivity index (χ2v) is 5.83. The summed E-state index contributed by atoms with van der Waals surface area (Å²) in [5, 5.41) is 6.31. The molecule has 0 bridgehead atoms. The SMILES string of the molecule is CCC(OC1CCCCC1)C(=O)NCC1=CCNCC1. The summed E-state index contributed by atoms with van der Waals surface area (Å²) < 4.78 is 6.00. The van der Waals surface area contributed by atoms with E-state index in [2.05, 4.69) is 16.7 Å². The lowest BCUT2D eigenvalue weighted by Crippen LogP contribution is -2.40. The predicted molar refractivity (Wildman–Crippen MR) is 80.6 cm³/mol. The lowest BCUT2D eigenvalue weighted by atomic mass is 9.97. The van der Waals surface area contributed by atoms with Crippen molar-refractivity contribution in [1.29, 1.82) is 0 Å². The zero-order chi connectivity index (χ0) is 14.2. The number of ether oxygens (including phenoxy) is 1. The second-order valence-electron chi connectivity index (χ2n) is 5.83. The Morgan fingerprint density at radius 3 is 2.90 bits per heavy atom. The number of amides is 1. The molecule has 0 spiro atoms. The third-order valence-corrected chi connectivity index (χ3v) is 4.22. The van der Waals surface area contributed by atoms with Gasteiger partial charge in [0.1, 0.15) is 6.10 Å². The Kier molecular flexibility index (Phi) is 6.54. The molecular formula is C16H28N2O2. The molecule has 1 fully saturated rings. The molecule has 1 saturated carbocycles. The van der Waals surface area contributed by atoms with Gasteiger partial charge in [0.25, 0.3) is 0 Å². The van der Waals surface area contributed by atoms with Crippen molar-refractivity contribution >= 4 is 5.91 Å². The van der Waals surface area contributed by atoms with E-state index in [1.165, 1.54) is 24.8 Å². The van der Waals surface area contributed by atoms with Crippen molar-refractivity contribution in [3.63, 3.8) is 0 Å². The van der Waals surface area contributed by atoms with Gasteiger partial charge in [-0.05, 0) is 32.2 Å². The number of carbonyl (C=O) groups excluding carboxylic acids is 1. The van der Waals surface area contributed by atoms with E-state index in [0.29, 0.717) is 6.54 Å². The van der Waals surface area contributed by atoms with Gasteiger partial charge in [0.2, 0.25) is 5.91 Å². The van der Waals surface area contributed by atoms with Crippen LogP contribution >= 0.6 is 0 Å². The Hall–Kier alpha value is -0.870. The van der Waals surface area contributed by atoms with Crippen LogP contribution in [0.5, 0.6) is 0 Å². The first-order valence-electron chi connectivity index (χ1n) is 8.11. The number of nitrogens with one attached hydrogen (secondary N) is 2. The molecule has 20 heavy (non-hydrogen) atoms. The Balaban J connectivity index is 1.74. The summed E-state index contributed by atoms with van der Waals surface area (Å²) in [6.45, 7) is 4.63. The Labute approximate surface area is 122 Å². The lowest BCUT2D eigenvalue weighted by molar-refractivity contribution is -0.138. The van der Waals surface area contributed by atoms with Crippen LogP contribution in [0.3, 0.4) is 0 Å². The Morgan fingerprint density at radius 2 is 2.25 bits per heavy atom. The summed E-state index contributed by atoms with van der Waals surface area (Å²) in [6.07, 6.45) is 9.98. The van der Waals surface area contributed by atoms with Crippen molar-refractivity contribution in [2.24, 2.45) is 0 Å². The van der Waals surface area contributed by atoms with E-state index < -0.39 is 0 Å². The fraction of sp³-hybridized carbons (Fsp3) is 0.812. The summed E-state index contributed by atoms with van der Waals surface area (Å²) in [4.78, 5) is 12.2. The minimum Gasteiger partial charge on any atom is -0.365 e. The van der Waals surface area contributed by atoms with Crippen LogP contribution < -0.4 is 10.6 Å². The van der Waals surface area contributed by atoms with E-state index in [1.807, 2.05) is 6.92 Å². The Morgan fingerprint density at radius 1 is 1.45 bits per heavy atom. The molecule has 4 nitrogen and oxygen atoms in total. The molecule has 2 N–H and O–H groups in total. The van der Waals surface area contributed by atoms with Crippen molar-refractivity contribution in [2.45, 2.75) is 64.1 Å². The normalized spacial score (nSPS) is 22.1. The number of rotatable bonds is 6. The smallest absolute Gasteiger partial charge is 0.249 e. The molecule has 0 aromatic carbocycles. The first kappa shape index (κ1) is 15.5.